The maximum atomic E-state index is 13.0. The summed E-state index contributed by atoms with van der Waals surface area (Å²) in [6.45, 7) is 2.55. The van der Waals surface area contributed by atoms with Gasteiger partial charge in [0.05, 0.1) is 41.5 Å². The zero-order valence-electron chi connectivity index (χ0n) is 19.1. The Morgan fingerprint density at radius 3 is 2.59 bits per heavy atom. The topological polar surface area (TPSA) is 111 Å². The van der Waals surface area contributed by atoms with Crippen LogP contribution >= 0.6 is 0 Å². The number of oxazole rings is 1. The van der Waals surface area contributed by atoms with Crippen LogP contribution in [-0.4, -0.2) is 70.3 Å². The number of benzene rings is 2. The lowest BCUT2D eigenvalue weighted by molar-refractivity contribution is 0.0495. The first-order valence-corrected chi connectivity index (χ1v) is 12.4. The number of aromatic nitrogens is 1. The first-order chi connectivity index (χ1) is 16.3. The van der Waals surface area contributed by atoms with Crippen LogP contribution in [0.3, 0.4) is 0 Å². The van der Waals surface area contributed by atoms with Crippen LogP contribution in [0.1, 0.15) is 16.8 Å². The molecule has 0 saturated carbocycles. The number of esters is 1. The molecule has 182 valence electrons. The Kier molecular flexibility index (Phi) is 7.05. The van der Waals surface area contributed by atoms with Crippen molar-refractivity contribution in [3.63, 3.8) is 0 Å². The fraction of sp³-hybridized carbons (Fsp3) is 0.391. The highest BCUT2D eigenvalue weighted by Crippen LogP contribution is 2.27. The van der Waals surface area contributed by atoms with Gasteiger partial charge in [0.25, 0.3) is 0 Å². The highest BCUT2D eigenvalue weighted by atomic mass is 32.2. The van der Waals surface area contributed by atoms with Gasteiger partial charge in [0.1, 0.15) is 0 Å². The van der Waals surface area contributed by atoms with Gasteiger partial charge in [-0.25, -0.2) is 22.3 Å². The molecule has 0 N–H and O–H groups in total. The van der Waals surface area contributed by atoms with Crippen molar-refractivity contribution in [2.24, 2.45) is 0 Å². The molecular formula is C23H27N3O7S. The maximum absolute atomic E-state index is 13.0. The number of morpholine rings is 1. The van der Waals surface area contributed by atoms with E-state index in [0.29, 0.717) is 56.1 Å². The fourth-order valence-electron chi connectivity index (χ4n) is 3.82. The van der Waals surface area contributed by atoms with Crippen LogP contribution in [0.25, 0.3) is 11.1 Å². The average Bonchev–Trinajstić information content (AvgIpc) is 3.16. The molecule has 0 radical (unpaired) electrons. The number of nitrogens with zero attached hydrogens (tertiary/aromatic N) is 3. The summed E-state index contributed by atoms with van der Waals surface area (Å²) in [6.07, 6.45) is 0.387. The van der Waals surface area contributed by atoms with Crippen molar-refractivity contribution >= 4 is 32.8 Å². The van der Waals surface area contributed by atoms with Gasteiger partial charge in [0.2, 0.25) is 10.0 Å². The van der Waals surface area contributed by atoms with E-state index < -0.39 is 21.7 Å². The number of hydrogen-bond donors (Lipinski definition) is 0. The minimum atomic E-state index is -3.73. The molecule has 1 aliphatic heterocycles. The van der Waals surface area contributed by atoms with Gasteiger partial charge >= 0.3 is 11.7 Å². The van der Waals surface area contributed by atoms with Crippen LogP contribution in [0, 0.1) is 0 Å². The highest BCUT2D eigenvalue weighted by Gasteiger charge is 2.25. The molecule has 4 rings (SSSR count). The maximum Gasteiger partial charge on any atom is 0.419 e. The Hall–Kier alpha value is -3.15. The third-order valence-electron chi connectivity index (χ3n) is 5.65. The molecule has 0 aliphatic carbocycles. The van der Waals surface area contributed by atoms with E-state index in [0.717, 1.165) is 4.31 Å². The number of carbonyl (C=O) groups excluding carboxylic acids is 1. The minimum absolute atomic E-state index is 0.0119. The molecule has 0 spiro atoms. The molecule has 10 nitrogen and oxygen atoms in total. The lowest BCUT2D eigenvalue weighted by Crippen LogP contribution is -2.37. The molecule has 0 bridgehead atoms. The molecule has 2 heterocycles. The summed E-state index contributed by atoms with van der Waals surface area (Å²) in [4.78, 5) is 27.1. The van der Waals surface area contributed by atoms with Crippen molar-refractivity contribution in [2.45, 2.75) is 17.9 Å². The van der Waals surface area contributed by atoms with E-state index in [1.807, 2.05) is 11.0 Å². The SMILES string of the molecule is CN(C)S(=O)(=O)c1ccc(N2CCOCC2)c(C(=O)OCCCn2c(=O)oc3ccccc32)c1. The van der Waals surface area contributed by atoms with Crippen LogP contribution in [0.5, 0.6) is 0 Å². The number of rotatable bonds is 8. The number of hydrogen-bond acceptors (Lipinski definition) is 8. The van der Waals surface area contributed by atoms with E-state index in [4.69, 9.17) is 13.9 Å². The van der Waals surface area contributed by atoms with Gasteiger partial charge < -0.3 is 18.8 Å². The molecule has 34 heavy (non-hydrogen) atoms. The zero-order chi connectivity index (χ0) is 24.3. The van der Waals surface area contributed by atoms with Gasteiger partial charge in [0, 0.05) is 33.7 Å². The molecule has 3 aromatic rings. The molecule has 1 aliphatic rings. The van der Waals surface area contributed by atoms with Crippen LogP contribution in [0.15, 0.2) is 56.6 Å². The average molecular weight is 490 g/mol. The van der Waals surface area contributed by atoms with E-state index in [1.165, 1.54) is 30.8 Å². The monoisotopic (exact) mass is 489 g/mol. The Bertz CT molecular complexity index is 1340. The number of anilines is 1. The second-order valence-corrected chi connectivity index (χ2v) is 10.2. The van der Waals surface area contributed by atoms with E-state index in [9.17, 15) is 18.0 Å². The predicted molar refractivity (Wildman–Crippen MR) is 126 cm³/mol. The van der Waals surface area contributed by atoms with Crippen molar-refractivity contribution in [2.75, 3.05) is 51.9 Å². The summed E-state index contributed by atoms with van der Waals surface area (Å²) in [5.74, 6) is -1.09. The third-order valence-corrected chi connectivity index (χ3v) is 7.46. The summed E-state index contributed by atoms with van der Waals surface area (Å²) in [6, 6.07) is 11.6. The van der Waals surface area contributed by atoms with Crippen LogP contribution in [-0.2, 0) is 26.0 Å². The summed E-state index contributed by atoms with van der Waals surface area (Å²) < 4.78 is 43.9. The highest BCUT2D eigenvalue weighted by molar-refractivity contribution is 7.89. The smallest absolute Gasteiger partial charge is 0.419 e. The lowest BCUT2D eigenvalue weighted by Gasteiger charge is -2.30. The molecular weight excluding hydrogens is 462 g/mol. The minimum Gasteiger partial charge on any atom is -0.462 e. The van der Waals surface area contributed by atoms with E-state index in [1.54, 1.807) is 24.3 Å². The van der Waals surface area contributed by atoms with Crippen molar-refractivity contribution in [1.29, 1.82) is 0 Å². The van der Waals surface area contributed by atoms with Gasteiger partial charge in [-0.1, -0.05) is 12.1 Å². The summed E-state index contributed by atoms with van der Waals surface area (Å²) in [5.41, 5.74) is 1.95. The molecule has 0 amide bonds. The van der Waals surface area contributed by atoms with Gasteiger partial charge in [-0.15, -0.1) is 0 Å². The van der Waals surface area contributed by atoms with Crippen LogP contribution in [0.2, 0.25) is 0 Å². The zero-order valence-corrected chi connectivity index (χ0v) is 19.9. The Morgan fingerprint density at radius 1 is 1.12 bits per heavy atom. The first-order valence-electron chi connectivity index (χ1n) is 10.9. The second kappa shape index (κ2) is 10.00. The number of fused-ring (bicyclic) bond motifs is 1. The van der Waals surface area contributed by atoms with Gasteiger partial charge in [-0.3, -0.25) is 4.57 Å². The number of sulfonamides is 1. The predicted octanol–water partition coefficient (Wildman–Crippen LogP) is 1.93. The van der Waals surface area contributed by atoms with Gasteiger partial charge in [0.15, 0.2) is 5.58 Å². The molecule has 0 unspecified atom stereocenters. The number of carbonyl (C=O) groups is 1. The Morgan fingerprint density at radius 2 is 1.85 bits per heavy atom. The van der Waals surface area contributed by atoms with Crippen molar-refractivity contribution < 1.29 is 27.1 Å². The van der Waals surface area contributed by atoms with Gasteiger partial charge in [-0.05, 0) is 36.8 Å². The van der Waals surface area contributed by atoms with Gasteiger partial charge in [-0.2, -0.15) is 0 Å². The van der Waals surface area contributed by atoms with Crippen molar-refractivity contribution in [1.82, 2.24) is 8.87 Å². The van der Waals surface area contributed by atoms with E-state index >= 15 is 0 Å². The summed E-state index contributed by atoms with van der Waals surface area (Å²) in [7, 11) is -0.856. The van der Waals surface area contributed by atoms with E-state index in [-0.39, 0.29) is 17.1 Å². The number of para-hydroxylation sites is 2. The largest absolute Gasteiger partial charge is 0.462 e. The molecule has 11 heteroatoms. The summed E-state index contributed by atoms with van der Waals surface area (Å²) in [5, 5.41) is 0. The van der Waals surface area contributed by atoms with Crippen molar-refractivity contribution in [3.05, 3.63) is 58.6 Å². The molecule has 0 atom stereocenters. The molecule has 1 saturated heterocycles. The van der Waals surface area contributed by atoms with Crippen molar-refractivity contribution in [3.8, 4) is 0 Å². The summed E-state index contributed by atoms with van der Waals surface area (Å²) >= 11 is 0. The second-order valence-electron chi connectivity index (χ2n) is 8.04. The standard InChI is InChI=1S/C23H27N3O7S/c1-24(2)34(29,30)17-8-9-19(25-11-14-31-15-12-25)18(16-17)22(27)32-13-5-10-26-20-6-3-4-7-21(20)33-23(26)28/h3-4,6-9,16H,5,10-15H2,1-2H3. The fourth-order valence-corrected chi connectivity index (χ4v) is 4.75. The number of aryl methyl sites for hydroxylation is 1. The molecule has 1 aromatic heterocycles. The first kappa shape index (κ1) is 24.0. The van der Waals surface area contributed by atoms with Crippen LogP contribution < -0.4 is 10.7 Å². The third kappa shape index (κ3) is 4.86. The van der Waals surface area contributed by atoms with Crippen LogP contribution in [0.4, 0.5) is 5.69 Å². The molecule has 1 fully saturated rings. The Labute approximate surface area is 197 Å². The molecule has 2 aromatic carbocycles. The normalized spacial score (nSPS) is 14.6. The lowest BCUT2D eigenvalue weighted by atomic mass is 10.1. The quantitative estimate of drug-likeness (QED) is 0.349. The number of ether oxygens (including phenoxy) is 2. The Balaban J connectivity index is 1.51. The van der Waals surface area contributed by atoms with E-state index in [2.05, 4.69) is 0 Å².